The molecule has 1 aromatic carbocycles. The van der Waals surface area contributed by atoms with Gasteiger partial charge in [0.2, 0.25) is 0 Å². The van der Waals surface area contributed by atoms with E-state index in [-0.39, 0.29) is 6.04 Å². The maximum Gasteiger partial charge on any atom is 0.147 e. The van der Waals surface area contributed by atoms with Gasteiger partial charge in [-0.15, -0.1) is 10.2 Å². The predicted molar refractivity (Wildman–Crippen MR) is 82.8 cm³/mol. The summed E-state index contributed by atoms with van der Waals surface area (Å²) in [6, 6.07) is 6.39. The van der Waals surface area contributed by atoms with Crippen molar-refractivity contribution < 1.29 is 0 Å². The Balaban J connectivity index is 2.34. The van der Waals surface area contributed by atoms with E-state index >= 15 is 0 Å². The topological polar surface area (TPSA) is 37.8 Å². The molecule has 0 radical (unpaired) electrons. The second kappa shape index (κ2) is 6.23. The molecule has 0 spiro atoms. The molecule has 0 aliphatic carbocycles. The molecule has 18 heavy (non-hydrogen) atoms. The normalized spacial score (nSPS) is 12.7. The van der Waals surface area contributed by atoms with Crippen LogP contribution in [0.3, 0.4) is 0 Å². The lowest BCUT2D eigenvalue weighted by Gasteiger charge is -2.08. The molecule has 0 aliphatic heterocycles. The van der Waals surface area contributed by atoms with Crippen molar-refractivity contribution in [3.05, 3.63) is 32.2 Å². The quantitative estimate of drug-likeness (QED) is 0.840. The number of rotatable bonds is 4. The van der Waals surface area contributed by atoms with Crippen LogP contribution < -0.4 is 5.32 Å². The minimum Gasteiger partial charge on any atom is -0.311 e. The Bertz CT molecular complexity index is 518. The molecule has 0 saturated heterocycles. The van der Waals surface area contributed by atoms with Crippen molar-refractivity contribution in [3.63, 3.8) is 0 Å². The van der Waals surface area contributed by atoms with Crippen LogP contribution in [0, 0.1) is 0 Å². The Hall–Kier alpha value is -0.300. The summed E-state index contributed by atoms with van der Waals surface area (Å²) in [7, 11) is 1.95. The van der Waals surface area contributed by atoms with Crippen molar-refractivity contribution in [3.8, 4) is 10.6 Å². The van der Waals surface area contributed by atoms with E-state index in [0.717, 1.165) is 30.9 Å². The van der Waals surface area contributed by atoms with Gasteiger partial charge in [0.05, 0.1) is 6.04 Å². The van der Waals surface area contributed by atoms with Gasteiger partial charge < -0.3 is 5.32 Å². The van der Waals surface area contributed by atoms with E-state index in [2.05, 4.69) is 66.4 Å². The lowest BCUT2D eigenvalue weighted by molar-refractivity contribution is 0.568. The van der Waals surface area contributed by atoms with Gasteiger partial charge in [-0.25, -0.2) is 0 Å². The predicted octanol–water partition coefficient (Wildman–Crippen LogP) is 4.40. The Morgan fingerprint density at radius 3 is 2.44 bits per heavy atom. The van der Waals surface area contributed by atoms with E-state index in [1.54, 1.807) is 11.3 Å². The number of halogens is 2. The molecule has 6 heteroatoms. The Morgan fingerprint density at radius 1 is 1.22 bits per heavy atom. The summed E-state index contributed by atoms with van der Waals surface area (Å²) < 4.78 is 2.06. The van der Waals surface area contributed by atoms with Gasteiger partial charge in [-0.1, -0.05) is 50.1 Å². The van der Waals surface area contributed by atoms with Crippen LogP contribution in [0.25, 0.3) is 10.6 Å². The van der Waals surface area contributed by atoms with Gasteiger partial charge >= 0.3 is 0 Å². The highest BCUT2D eigenvalue weighted by molar-refractivity contribution is 9.11. The molecule has 1 unspecified atom stereocenters. The van der Waals surface area contributed by atoms with Gasteiger partial charge in [0, 0.05) is 14.5 Å². The molecule has 2 rings (SSSR count). The van der Waals surface area contributed by atoms with Crippen LogP contribution in [0.1, 0.15) is 24.4 Å². The SMILES string of the molecule is CCC(NC)c1nnc(-c2cc(Br)cc(Br)c2)s1. The number of hydrogen-bond donors (Lipinski definition) is 1. The van der Waals surface area contributed by atoms with Crippen LogP contribution in [0.2, 0.25) is 0 Å². The molecule has 0 aliphatic rings. The second-order valence-electron chi connectivity index (χ2n) is 3.85. The standard InChI is InChI=1S/C12H13Br2N3S/c1-3-10(15-2)12-17-16-11(18-12)7-4-8(13)6-9(14)5-7/h4-6,10,15H,3H2,1-2H3. The first-order chi connectivity index (χ1) is 8.63. The summed E-state index contributed by atoms with van der Waals surface area (Å²) in [5.41, 5.74) is 1.07. The van der Waals surface area contributed by atoms with E-state index in [4.69, 9.17) is 0 Å². The molecule has 3 nitrogen and oxygen atoms in total. The van der Waals surface area contributed by atoms with Crippen LogP contribution in [-0.4, -0.2) is 17.2 Å². The first-order valence-electron chi connectivity index (χ1n) is 5.61. The third-order valence-electron chi connectivity index (χ3n) is 2.60. The van der Waals surface area contributed by atoms with Crippen molar-refractivity contribution in [2.24, 2.45) is 0 Å². The lowest BCUT2D eigenvalue weighted by atomic mass is 10.2. The smallest absolute Gasteiger partial charge is 0.147 e. The summed E-state index contributed by atoms with van der Waals surface area (Å²) in [5, 5.41) is 13.8. The highest BCUT2D eigenvalue weighted by atomic mass is 79.9. The lowest BCUT2D eigenvalue weighted by Crippen LogP contribution is -2.14. The van der Waals surface area contributed by atoms with Gasteiger partial charge in [0.1, 0.15) is 10.0 Å². The van der Waals surface area contributed by atoms with Crippen molar-refractivity contribution in [1.29, 1.82) is 0 Å². The molecule has 2 aromatic rings. The van der Waals surface area contributed by atoms with Crippen LogP contribution in [-0.2, 0) is 0 Å². The molecule has 0 saturated carbocycles. The largest absolute Gasteiger partial charge is 0.311 e. The molecular formula is C12H13Br2N3S. The van der Waals surface area contributed by atoms with Gasteiger partial charge in [0.15, 0.2) is 0 Å². The highest BCUT2D eigenvalue weighted by Gasteiger charge is 2.14. The molecule has 0 fully saturated rings. The number of hydrogen-bond acceptors (Lipinski definition) is 4. The Morgan fingerprint density at radius 2 is 1.89 bits per heavy atom. The fourth-order valence-electron chi connectivity index (χ4n) is 1.67. The minimum atomic E-state index is 0.284. The summed E-state index contributed by atoms with van der Waals surface area (Å²) >= 11 is 8.61. The average molecular weight is 391 g/mol. The van der Waals surface area contributed by atoms with Crippen molar-refractivity contribution >= 4 is 43.2 Å². The van der Waals surface area contributed by atoms with Gasteiger partial charge in [-0.05, 0) is 31.7 Å². The zero-order valence-electron chi connectivity index (χ0n) is 10.1. The van der Waals surface area contributed by atoms with Crippen molar-refractivity contribution in [2.75, 3.05) is 7.05 Å². The molecule has 1 N–H and O–H groups in total. The van der Waals surface area contributed by atoms with Crippen LogP contribution in [0.4, 0.5) is 0 Å². The average Bonchev–Trinajstić information content (AvgIpc) is 2.79. The molecule has 96 valence electrons. The van der Waals surface area contributed by atoms with Gasteiger partial charge in [-0.2, -0.15) is 0 Å². The van der Waals surface area contributed by atoms with Crippen LogP contribution in [0.5, 0.6) is 0 Å². The monoisotopic (exact) mass is 389 g/mol. The fourth-order valence-corrected chi connectivity index (χ4v) is 3.99. The maximum atomic E-state index is 4.27. The van der Waals surface area contributed by atoms with Gasteiger partial charge in [-0.3, -0.25) is 0 Å². The number of aromatic nitrogens is 2. The summed E-state index contributed by atoms with van der Waals surface area (Å²) in [6.07, 6.45) is 1.01. The Labute approximate surface area is 127 Å². The summed E-state index contributed by atoms with van der Waals surface area (Å²) in [6.45, 7) is 2.14. The third kappa shape index (κ3) is 3.17. The molecule has 0 amide bonds. The van der Waals surface area contributed by atoms with Crippen LogP contribution >= 0.6 is 43.2 Å². The van der Waals surface area contributed by atoms with Crippen molar-refractivity contribution in [2.45, 2.75) is 19.4 Å². The highest BCUT2D eigenvalue weighted by Crippen LogP contribution is 2.31. The van der Waals surface area contributed by atoms with E-state index in [1.807, 2.05) is 13.1 Å². The van der Waals surface area contributed by atoms with E-state index in [1.165, 1.54) is 0 Å². The Kier molecular flexibility index (Phi) is 4.89. The summed E-state index contributed by atoms with van der Waals surface area (Å²) in [5.74, 6) is 0. The second-order valence-corrected chi connectivity index (χ2v) is 6.69. The minimum absolute atomic E-state index is 0.284. The van der Waals surface area contributed by atoms with E-state index < -0.39 is 0 Å². The molecule has 1 aromatic heterocycles. The molecule has 1 atom stereocenters. The first-order valence-corrected chi connectivity index (χ1v) is 8.01. The zero-order chi connectivity index (χ0) is 13.1. The van der Waals surface area contributed by atoms with E-state index in [9.17, 15) is 0 Å². The molecular weight excluding hydrogens is 378 g/mol. The molecule has 0 bridgehead atoms. The number of nitrogens with one attached hydrogen (secondary N) is 1. The van der Waals surface area contributed by atoms with E-state index in [0.29, 0.717) is 0 Å². The third-order valence-corrected chi connectivity index (χ3v) is 4.61. The van der Waals surface area contributed by atoms with Crippen LogP contribution in [0.15, 0.2) is 27.1 Å². The fraction of sp³-hybridized carbons (Fsp3) is 0.333. The molecule has 1 heterocycles. The number of nitrogens with zero attached hydrogens (tertiary/aromatic N) is 2. The summed E-state index contributed by atoms with van der Waals surface area (Å²) in [4.78, 5) is 0. The van der Waals surface area contributed by atoms with Gasteiger partial charge in [0.25, 0.3) is 0 Å². The number of benzene rings is 1. The first kappa shape index (κ1) is 14.1. The van der Waals surface area contributed by atoms with Crippen molar-refractivity contribution in [1.82, 2.24) is 15.5 Å². The maximum absolute atomic E-state index is 4.27. The zero-order valence-corrected chi connectivity index (χ0v) is 14.1.